The molecule has 1 aliphatic heterocycles. The summed E-state index contributed by atoms with van der Waals surface area (Å²) in [6.07, 6.45) is -0.636. The highest BCUT2D eigenvalue weighted by atomic mass is 35.5. The molecular formula is C12H12ClNO4. The number of anilines is 1. The molecule has 1 heterocycles. The molecule has 0 aromatic heterocycles. The summed E-state index contributed by atoms with van der Waals surface area (Å²) in [6.45, 7) is 1.47. The Balaban J connectivity index is 2.40. The normalized spacial score (nSPS) is 18.1. The second-order valence-corrected chi connectivity index (χ2v) is 4.31. The third-order valence-corrected chi connectivity index (χ3v) is 2.88. The van der Waals surface area contributed by atoms with Crippen molar-refractivity contribution in [2.75, 3.05) is 18.6 Å². The Morgan fingerprint density at radius 3 is 2.94 bits per heavy atom. The van der Waals surface area contributed by atoms with E-state index in [1.807, 2.05) is 0 Å². The van der Waals surface area contributed by atoms with Gasteiger partial charge in [0.05, 0.1) is 12.8 Å². The number of halogens is 1. The highest BCUT2D eigenvalue weighted by molar-refractivity contribution is 6.31. The van der Waals surface area contributed by atoms with Crippen LogP contribution in [0.3, 0.4) is 0 Å². The van der Waals surface area contributed by atoms with E-state index in [2.05, 4.69) is 4.74 Å². The first-order valence-corrected chi connectivity index (χ1v) is 5.75. The number of ether oxygens (including phenoxy) is 2. The number of benzene rings is 1. The van der Waals surface area contributed by atoms with Gasteiger partial charge in [-0.3, -0.25) is 14.5 Å². The number of rotatable bonds is 2. The lowest BCUT2D eigenvalue weighted by Gasteiger charge is -2.32. The van der Waals surface area contributed by atoms with E-state index in [0.29, 0.717) is 16.5 Å². The van der Waals surface area contributed by atoms with Crippen molar-refractivity contribution in [1.82, 2.24) is 0 Å². The number of nitrogens with zero attached hydrogens (tertiary/aromatic N) is 1. The van der Waals surface area contributed by atoms with E-state index in [-0.39, 0.29) is 12.5 Å². The molecule has 1 amide bonds. The van der Waals surface area contributed by atoms with E-state index in [4.69, 9.17) is 16.3 Å². The first kappa shape index (κ1) is 12.7. The van der Waals surface area contributed by atoms with Gasteiger partial charge in [0.2, 0.25) is 0 Å². The third kappa shape index (κ3) is 2.26. The van der Waals surface area contributed by atoms with Crippen LogP contribution >= 0.6 is 11.6 Å². The van der Waals surface area contributed by atoms with Crippen LogP contribution in [0.15, 0.2) is 18.2 Å². The van der Waals surface area contributed by atoms with Crippen molar-refractivity contribution in [3.63, 3.8) is 0 Å². The maximum absolute atomic E-state index is 12.0. The Labute approximate surface area is 109 Å². The van der Waals surface area contributed by atoms with Gasteiger partial charge in [-0.2, -0.15) is 0 Å². The minimum absolute atomic E-state index is 0.156. The van der Waals surface area contributed by atoms with Crippen LogP contribution < -0.4 is 9.64 Å². The second kappa shape index (κ2) is 4.86. The van der Waals surface area contributed by atoms with Crippen molar-refractivity contribution >= 4 is 29.2 Å². The average Bonchev–Trinajstić information content (AvgIpc) is 2.35. The van der Waals surface area contributed by atoms with Crippen LogP contribution in [0.5, 0.6) is 5.75 Å². The predicted octanol–water partition coefficient (Wildman–Crippen LogP) is 1.63. The van der Waals surface area contributed by atoms with Crippen molar-refractivity contribution in [2.45, 2.75) is 13.0 Å². The Bertz CT molecular complexity index is 503. The van der Waals surface area contributed by atoms with Crippen LogP contribution in [0.2, 0.25) is 5.02 Å². The fourth-order valence-corrected chi connectivity index (χ4v) is 1.90. The molecular weight excluding hydrogens is 258 g/mol. The molecule has 2 rings (SSSR count). The molecule has 0 N–H and O–H groups in total. The molecule has 18 heavy (non-hydrogen) atoms. The molecule has 96 valence electrons. The van der Waals surface area contributed by atoms with Gasteiger partial charge in [0, 0.05) is 5.02 Å². The van der Waals surface area contributed by atoms with Gasteiger partial charge in [-0.05, 0) is 25.1 Å². The van der Waals surface area contributed by atoms with Gasteiger partial charge in [0.1, 0.15) is 12.3 Å². The molecule has 0 radical (unpaired) electrons. The highest BCUT2D eigenvalue weighted by Gasteiger charge is 2.33. The fraction of sp³-hybridized carbons (Fsp3) is 0.333. The Morgan fingerprint density at radius 1 is 1.56 bits per heavy atom. The number of methoxy groups -OCH3 is 1. The SMILES string of the molecule is COC(=O)CN1C(=O)C(C)Oc2ccc(Cl)cc21. The molecule has 1 aromatic rings. The van der Waals surface area contributed by atoms with Crippen molar-refractivity contribution in [1.29, 1.82) is 0 Å². The molecule has 1 aromatic carbocycles. The number of carbonyl (C=O) groups excluding carboxylic acids is 2. The second-order valence-electron chi connectivity index (χ2n) is 3.87. The Kier molecular flexibility index (Phi) is 3.43. The summed E-state index contributed by atoms with van der Waals surface area (Å²) in [5.41, 5.74) is 0.482. The standard InChI is InChI=1S/C12H12ClNO4/c1-7-12(16)14(6-11(15)17-2)9-5-8(13)3-4-10(9)18-7/h3-5,7H,6H2,1-2H3. The van der Waals surface area contributed by atoms with Gasteiger partial charge in [0.15, 0.2) is 6.10 Å². The van der Waals surface area contributed by atoms with Gasteiger partial charge in [-0.1, -0.05) is 11.6 Å². The Morgan fingerprint density at radius 2 is 2.28 bits per heavy atom. The molecule has 0 saturated carbocycles. The quantitative estimate of drug-likeness (QED) is 0.766. The van der Waals surface area contributed by atoms with Crippen LogP contribution in [-0.2, 0) is 14.3 Å². The number of amides is 1. The van der Waals surface area contributed by atoms with Gasteiger partial charge in [-0.15, -0.1) is 0 Å². The first-order chi connectivity index (χ1) is 8.52. The molecule has 5 nitrogen and oxygen atoms in total. The minimum Gasteiger partial charge on any atom is -0.479 e. The predicted molar refractivity (Wildman–Crippen MR) is 65.9 cm³/mol. The summed E-state index contributed by atoms with van der Waals surface area (Å²) in [4.78, 5) is 24.7. The van der Waals surface area contributed by atoms with Gasteiger partial charge in [0.25, 0.3) is 5.91 Å². The summed E-state index contributed by atoms with van der Waals surface area (Å²) >= 11 is 5.89. The maximum atomic E-state index is 12.0. The van der Waals surface area contributed by atoms with Crippen molar-refractivity contribution in [2.24, 2.45) is 0 Å². The molecule has 1 aliphatic rings. The zero-order valence-corrected chi connectivity index (χ0v) is 10.7. The molecule has 0 fully saturated rings. The lowest BCUT2D eigenvalue weighted by Crippen LogP contribution is -2.46. The molecule has 1 unspecified atom stereocenters. The minimum atomic E-state index is -0.636. The topological polar surface area (TPSA) is 55.8 Å². The Hall–Kier alpha value is -1.75. The molecule has 0 bridgehead atoms. The summed E-state index contributed by atoms with van der Waals surface area (Å²) in [6, 6.07) is 4.92. The van der Waals surface area contributed by atoms with Gasteiger partial charge >= 0.3 is 5.97 Å². The largest absolute Gasteiger partial charge is 0.479 e. The third-order valence-electron chi connectivity index (χ3n) is 2.64. The van der Waals surface area contributed by atoms with E-state index in [9.17, 15) is 9.59 Å². The lowest BCUT2D eigenvalue weighted by atomic mass is 10.2. The average molecular weight is 270 g/mol. The summed E-state index contributed by atoms with van der Waals surface area (Å²) < 4.78 is 10.0. The summed E-state index contributed by atoms with van der Waals surface area (Å²) in [7, 11) is 1.27. The van der Waals surface area contributed by atoms with E-state index in [1.165, 1.54) is 12.0 Å². The molecule has 6 heteroatoms. The fourth-order valence-electron chi connectivity index (χ4n) is 1.74. The lowest BCUT2D eigenvalue weighted by molar-refractivity contribution is -0.140. The monoisotopic (exact) mass is 269 g/mol. The number of hydrogen-bond acceptors (Lipinski definition) is 4. The zero-order valence-electron chi connectivity index (χ0n) is 9.97. The number of carbonyl (C=O) groups is 2. The van der Waals surface area contributed by atoms with Crippen molar-refractivity contribution in [3.8, 4) is 5.75 Å². The number of esters is 1. The van der Waals surface area contributed by atoms with Crippen LogP contribution in [-0.4, -0.2) is 31.6 Å². The smallest absolute Gasteiger partial charge is 0.325 e. The molecule has 0 saturated heterocycles. The maximum Gasteiger partial charge on any atom is 0.325 e. The van der Waals surface area contributed by atoms with Crippen LogP contribution in [0.25, 0.3) is 0 Å². The van der Waals surface area contributed by atoms with Crippen LogP contribution in [0.1, 0.15) is 6.92 Å². The van der Waals surface area contributed by atoms with E-state index in [1.54, 1.807) is 25.1 Å². The van der Waals surface area contributed by atoms with Crippen molar-refractivity contribution in [3.05, 3.63) is 23.2 Å². The van der Waals surface area contributed by atoms with E-state index >= 15 is 0 Å². The molecule has 0 aliphatic carbocycles. The number of hydrogen-bond donors (Lipinski definition) is 0. The zero-order chi connectivity index (χ0) is 13.3. The number of fused-ring (bicyclic) bond motifs is 1. The summed E-state index contributed by atoms with van der Waals surface area (Å²) in [5.74, 6) is -0.269. The van der Waals surface area contributed by atoms with E-state index < -0.39 is 12.1 Å². The molecule has 1 atom stereocenters. The van der Waals surface area contributed by atoms with Gasteiger partial charge in [-0.25, -0.2) is 0 Å². The van der Waals surface area contributed by atoms with Crippen molar-refractivity contribution < 1.29 is 19.1 Å². The summed E-state index contributed by atoms with van der Waals surface area (Å²) in [5, 5.41) is 0.467. The first-order valence-electron chi connectivity index (χ1n) is 5.37. The molecule has 0 spiro atoms. The van der Waals surface area contributed by atoms with Crippen LogP contribution in [0.4, 0.5) is 5.69 Å². The van der Waals surface area contributed by atoms with Crippen LogP contribution in [0, 0.1) is 0 Å². The van der Waals surface area contributed by atoms with E-state index in [0.717, 1.165) is 0 Å². The highest BCUT2D eigenvalue weighted by Crippen LogP contribution is 2.35. The van der Waals surface area contributed by atoms with Gasteiger partial charge < -0.3 is 9.47 Å².